The molecule has 4 rings (SSSR count). The van der Waals surface area contributed by atoms with Crippen LogP contribution in [0.1, 0.15) is 18.4 Å². The zero-order valence-electron chi connectivity index (χ0n) is 17.8. The van der Waals surface area contributed by atoms with Gasteiger partial charge in [-0.05, 0) is 54.1 Å². The highest BCUT2D eigenvalue weighted by atomic mass is 32.2. The maximum atomic E-state index is 13.1. The molecule has 178 valence electrons. The molecule has 8 nitrogen and oxygen atoms in total. The number of aromatic nitrogens is 1. The minimum Gasteiger partial charge on any atom is -0.497 e. The molecule has 0 bridgehead atoms. The van der Waals surface area contributed by atoms with Gasteiger partial charge in [-0.15, -0.1) is 0 Å². The SMILES string of the molecule is COc1ccc2nccc(C(C)C3NC(=O)N(c4ccc(S(=O)(=O)C(F)(F)F)cc4)C3=O)c2c1. The van der Waals surface area contributed by atoms with Gasteiger partial charge in [0.05, 0.1) is 23.2 Å². The number of carbonyl (C=O) groups excluding carboxylic acids is 2. The Hall–Kier alpha value is -3.67. The number of pyridine rings is 1. The molecule has 2 unspecified atom stereocenters. The lowest BCUT2D eigenvalue weighted by Gasteiger charge is -2.20. The molecule has 1 N–H and O–H groups in total. The van der Waals surface area contributed by atoms with Crippen LogP contribution in [0.5, 0.6) is 5.75 Å². The zero-order chi connectivity index (χ0) is 24.8. The molecule has 34 heavy (non-hydrogen) atoms. The van der Waals surface area contributed by atoms with Crippen molar-refractivity contribution in [2.75, 3.05) is 12.0 Å². The van der Waals surface area contributed by atoms with E-state index in [1.807, 2.05) is 0 Å². The normalized spacial score (nSPS) is 17.7. The van der Waals surface area contributed by atoms with Crippen LogP contribution < -0.4 is 15.0 Å². The average molecular weight is 493 g/mol. The summed E-state index contributed by atoms with van der Waals surface area (Å²) in [7, 11) is -4.03. The maximum Gasteiger partial charge on any atom is 0.501 e. The molecule has 1 fully saturated rings. The number of alkyl halides is 3. The monoisotopic (exact) mass is 493 g/mol. The van der Waals surface area contributed by atoms with E-state index in [1.54, 1.807) is 37.4 Å². The van der Waals surface area contributed by atoms with Crippen LogP contribution in [0.25, 0.3) is 10.9 Å². The Bertz CT molecular complexity index is 1390. The van der Waals surface area contributed by atoms with Crippen LogP contribution in [-0.2, 0) is 14.6 Å². The number of sulfone groups is 1. The summed E-state index contributed by atoms with van der Waals surface area (Å²) in [4.78, 5) is 29.8. The number of urea groups is 1. The number of nitrogens with zero attached hydrogens (tertiary/aromatic N) is 2. The topological polar surface area (TPSA) is 106 Å². The van der Waals surface area contributed by atoms with Crippen molar-refractivity contribution in [3.8, 4) is 5.75 Å². The van der Waals surface area contributed by atoms with E-state index in [0.717, 1.165) is 28.0 Å². The van der Waals surface area contributed by atoms with Gasteiger partial charge in [-0.3, -0.25) is 9.78 Å². The van der Waals surface area contributed by atoms with Crippen LogP contribution in [0.2, 0.25) is 0 Å². The predicted octanol–water partition coefficient (Wildman–Crippen LogP) is 3.77. The maximum absolute atomic E-state index is 13.1. The Kier molecular flexibility index (Phi) is 5.72. The second kappa shape index (κ2) is 8.28. The third-order valence-corrected chi connectivity index (χ3v) is 7.15. The van der Waals surface area contributed by atoms with E-state index in [9.17, 15) is 31.2 Å². The predicted molar refractivity (Wildman–Crippen MR) is 116 cm³/mol. The van der Waals surface area contributed by atoms with E-state index in [4.69, 9.17) is 4.74 Å². The van der Waals surface area contributed by atoms with E-state index in [0.29, 0.717) is 23.4 Å². The Labute approximate surface area is 192 Å². The fourth-order valence-corrected chi connectivity index (χ4v) is 4.60. The minimum atomic E-state index is -5.55. The standard InChI is InChI=1S/C22H18F3N3O5S/c1-12(16-9-10-26-18-8-5-14(33-2)11-17(16)18)19-20(29)28(21(30)27-19)13-3-6-15(7-4-13)34(31,32)22(23,24)25/h3-12,19H,1-2H3,(H,27,30). The number of nitrogens with one attached hydrogen (secondary N) is 1. The van der Waals surface area contributed by atoms with Crippen molar-refractivity contribution in [2.24, 2.45) is 0 Å². The highest BCUT2D eigenvalue weighted by Gasteiger charge is 2.47. The molecule has 1 aliphatic rings. The first-order chi connectivity index (χ1) is 16.0. The summed E-state index contributed by atoms with van der Waals surface area (Å²) < 4.78 is 66.7. The summed E-state index contributed by atoms with van der Waals surface area (Å²) in [5, 5.41) is 3.33. The summed E-state index contributed by atoms with van der Waals surface area (Å²) in [6, 6.07) is 8.64. The van der Waals surface area contributed by atoms with E-state index >= 15 is 0 Å². The Morgan fingerprint density at radius 1 is 1.09 bits per heavy atom. The van der Waals surface area contributed by atoms with Gasteiger partial charge in [-0.25, -0.2) is 18.1 Å². The van der Waals surface area contributed by atoms with Crippen LogP contribution in [0.3, 0.4) is 0 Å². The van der Waals surface area contributed by atoms with Gasteiger partial charge in [-0.1, -0.05) is 6.92 Å². The number of rotatable bonds is 5. The minimum absolute atomic E-state index is 0.0559. The highest BCUT2D eigenvalue weighted by molar-refractivity contribution is 7.92. The molecule has 3 amide bonds. The van der Waals surface area contributed by atoms with Crippen molar-refractivity contribution in [2.45, 2.75) is 29.3 Å². The lowest BCUT2D eigenvalue weighted by Crippen LogP contribution is -2.35. The van der Waals surface area contributed by atoms with Gasteiger partial charge in [0.1, 0.15) is 11.8 Å². The summed E-state index contributed by atoms with van der Waals surface area (Å²) in [6.07, 6.45) is 1.58. The Morgan fingerprint density at radius 3 is 2.38 bits per heavy atom. The summed E-state index contributed by atoms with van der Waals surface area (Å²) in [5.41, 5.74) is -4.12. The van der Waals surface area contributed by atoms with E-state index in [2.05, 4.69) is 10.3 Å². The second-order valence-electron chi connectivity index (χ2n) is 7.62. The van der Waals surface area contributed by atoms with Crippen molar-refractivity contribution in [3.63, 3.8) is 0 Å². The molecule has 2 aromatic carbocycles. The molecule has 3 aromatic rings. The first-order valence-corrected chi connectivity index (χ1v) is 11.4. The van der Waals surface area contributed by atoms with Crippen molar-refractivity contribution in [1.29, 1.82) is 0 Å². The number of imide groups is 1. The average Bonchev–Trinajstić information content (AvgIpc) is 3.10. The fraction of sp³-hybridized carbons (Fsp3) is 0.227. The molecule has 0 radical (unpaired) electrons. The fourth-order valence-electron chi connectivity index (χ4n) is 3.84. The Balaban J connectivity index is 1.65. The van der Waals surface area contributed by atoms with E-state index < -0.39 is 44.1 Å². The van der Waals surface area contributed by atoms with Gasteiger partial charge in [-0.2, -0.15) is 13.2 Å². The molecule has 12 heteroatoms. The number of benzene rings is 2. The zero-order valence-corrected chi connectivity index (χ0v) is 18.6. The molecule has 0 saturated carbocycles. The van der Waals surface area contributed by atoms with Crippen molar-refractivity contribution < 1.29 is 35.9 Å². The third-order valence-electron chi connectivity index (χ3n) is 5.65. The summed E-state index contributed by atoms with van der Waals surface area (Å²) in [5.74, 6) is -0.535. The van der Waals surface area contributed by atoms with Crippen molar-refractivity contribution >= 4 is 38.4 Å². The number of ether oxygens (including phenoxy) is 1. The molecule has 1 saturated heterocycles. The smallest absolute Gasteiger partial charge is 0.497 e. The van der Waals surface area contributed by atoms with Crippen LogP contribution in [-0.4, -0.2) is 44.0 Å². The van der Waals surface area contributed by atoms with Gasteiger partial charge in [0.15, 0.2) is 0 Å². The number of halogens is 3. The molecular formula is C22H18F3N3O5S. The molecule has 1 aromatic heterocycles. The van der Waals surface area contributed by atoms with E-state index in [-0.39, 0.29) is 5.69 Å². The number of fused-ring (bicyclic) bond motifs is 1. The summed E-state index contributed by atoms with van der Waals surface area (Å²) in [6.45, 7) is 1.75. The number of methoxy groups -OCH3 is 1. The lowest BCUT2D eigenvalue weighted by atomic mass is 9.90. The highest BCUT2D eigenvalue weighted by Crippen LogP contribution is 2.34. The number of hydrogen-bond donors (Lipinski definition) is 1. The van der Waals surface area contributed by atoms with Crippen LogP contribution in [0, 0.1) is 0 Å². The molecule has 2 heterocycles. The van der Waals surface area contributed by atoms with Gasteiger partial charge < -0.3 is 10.1 Å². The van der Waals surface area contributed by atoms with Gasteiger partial charge in [0.25, 0.3) is 15.7 Å². The first kappa shape index (κ1) is 23.5. The van der Waals surface area contributed by atoms with Crippen LogP contribution in [0.15, 0.2) is 59.6 Å². The van der Waals surface area contributed by atoms with Gasteiger partial charge >= 0.3 is 11.5 Å². The van der Waals surface area contributed by atoms with Crippen LogP contribution >= 0.6 is 0 Å². The first-order valence-electron chi connectivity index (χ1n) is 9.94. The van der Waals surface area contributed by atoms with E-state index in [1.165, 1.54) is 7.11 Å². The molecule has 0 aliphatic carbocycles. The van der Waals surface area contributed by atoms with Gasteiger partial charge in [0.2, 0.25) is 0 Å². The van der Waals surface area contributed by atoms with Crippen molar-refractivity contribution in [1.82, 2.24) is 10.3 Å². The second-order valence-corrected chi connectivity index (χ2v) is 9.56. The quantitative estimate of drug-likeness (QED) is 0.543. The van der Waals surface area contributed by atoms with Gasteiger partial charge in [0, 0.05) is 17.5 Å². The number of carbonyl (C=O) groups is 2. The number of amides is 3. The lowest BCUT2D eigenvalue weighted by molar-refractivity contribution is -0.118. The molecular weight excluding hydrogens is 475 g/mol. The molecule has 0 spiro atoms. The molecule has 2 atom stereocenters. The largest absolute Gasteiger partial charge is 0.501 e. The summed E-state index contributed by atoms with van der Waals surface area (Å²) >= 11 is 0. The number of anilines is 1. The molecule has 1 aliphatic heterocycles. The van der Waals surface area contributed by atoms with Crippen molar-refractivity contribution in [3.05, 3.63) is 60.3 Å². The Morgan fingerprint density at radius 2 is 1.76 bits per heavy atom. The number of hydrogen-bond acceptors (Lipinski definition) is 6. The third kappa shape index (κ3) is 3.83. The van der Waals surface area contributed by atoms with Crippen LogP contribution in [0.4, 0.5) is 23.7 Å².